The number of rotatable bonds is 4. The molecule has 0 aliphatic rings. The molecule has 0 fully saturated rings. The van der Waals surface area contributed by atoms with E-state index in [9.17, 15) is 4.79 Å². The molecule has 0 heterocycles. The van der Waals surface area contributed by atoms with Gasteiger partial charge in [0.25, 0.3) is 0 Å². The van der Waals surface area contributed by atoms with Gasteiger partial charge in [-0.2, -0.15) is 0 Å². The van der Waals surface area contributed by atoms with E-state index >= 15 is 0 Å². The molecule has 0 rings (SSSR count). The third-order valence-electron chi connectivity index (χ3n) is 0.804. The molecule has 4 nitrogen and oxygen atoms in total. The lowest BCUT2D eigenvalue weighted by molar-refractivity contribution is -0.148. The lowest BCUT2D eigenvalue weighted by Gasteiger charge is -2.10. The molecule has 4 heteroatoms. The monoisotopic (exact) mass is 147 g/mol. The van der Waals surface area contributed by atoms with Crippen LogP contribution in [0, 0.1) is 0 Å². The Hall–Kier alpha value is -0.610. The Balaban J connectivity index is 3.25. The van der Waals surface area contributed by atoms with Crippen LogP contribution in [-0.4, -0.2) is 25.4 Å². The SMILES string of the molecule is CCOCC(N)OC(C)=O. The molecule has 0 radical (unpaired) electrons. The minimum absolute atomic E-state index is 0.260. The predicted molar refractivity (Wildman–Crippen MR) is 36.2 cm³/mol. The van der Waals surface area contributed by atoms with Crippen LogP contribution in [0.5, 0.6) is 0 Å². The quantitative estimate of drug-likeness (QED) is 0.444. The lowest BCUT2D eigenvalue weighted by atomic mass is 10.6. The van der Waals surface area contributed by atoms with Gasteiger partial charge in [-0.15, -0.1) is 0 Å². The Morgan fingerprint density at radius 1 is 1.70 bits per heavy atom. The summed E-state index contributed by atoms with van der Waals surface area (Å²) in [6.45, 7) is 4.00. The van der Waals surface area contributed by atoms with E-state index in [1.165, 1.54) is 6.92 Å². The van der Waals surface area contributed by atoms with Gasteiger partial charge in [-0.1, -0.05) is 0 Å². The van der Waals surface area contributed by atoms with Crippen molar-refractivity contribution in [2.75, 3.05) is 13.2 Å². The summed E-state index contributed by atoms with van der Waals surface area (Å²) in [4.78, 5) is 10.3. The Bertz CT molecular complexity index is 105. The normalized spacial score (nSPS) is 12.7. The third kappa shape index (κ3) is 5.53. The Kier molecular flexibility index (Phi) is 4.88. The number of carbonyl (C=O) groups is 1. The van der Waals surface area contributed by atoms with E-state index in [4.69, 9.17) is 10.5 Å². The maximum Gasteiger partial charge on any atom is 0.304 e. The Morgan fingerprint density at radius 3 is 2.70 bits per heavy atom. The molecule has 0 spiro atoms. The van der Waals surface area contributed by atoms with Gasteiger partial charge in [-0.3, -0.25) is 10.5 Å². The maximum atomic E-state index is 10.3. The summed E-state index contributed by atoms with van der Waals surface area (Å²) in [6, 6.07) is 0. The van der Waals surface area contributed by atoms with Crippen molar-refractivity contribution in [3.63, 3.8) is 0 Å². The summed E-state index contributed by atoms with van der Waals surface area (Å²) < 4.78 is 9.46. The number of nitrogens with two attached hydrogens (primary N) is 1. The highest BCUT2D eigenvalue weighted by Gasteiger charge is 2.03. The largest absolute Gasteiger partial charge is 0.444 e. The zero-order valence-electron chi connectivity index (χ0n) is 6.29. The van der Waals surface area contributed by atoms with E-state index < -0.39 is 6.23 Å². The summed E-state index contributed by atoms with van der Waals surface area (Å²) in [5.74, 6) is -0.382. The van der Waals surface area contributed by atoms with Crippen molar-refractivity contribution in [3.05, 3.63) is 0 Å². The maximum absolute atomic E-state index is 10.3. The van der Waals surface area contributed by atoms with Gasteiger partial charge in [0.15, 0.2) is 6.23 Å². The number of hydrogen-bond donors (Lipinski definition) is 1. The summed E-state index contributed by atoms with van der Waals surface area (Å²) >= 11 is 0. The minimum atomic E-state index is -0.627. The second-order valence-corrected chi connectivity index (χ2v) is 1.81. The van der Waals surface area contributed by atoms with Crippen LogP contribution in [0.2, 0.25) is 0 Å². The lowest BCUT2D eigenvalue weighted by Crippen LogP contribution is -2.31. The summed E-state index contributed by atoms with van der Waals surface area (Å²) in [7, 11) is 0. The second kappa shape index (κ2) is 5.20. The molecule has 0 saturated heterocycles. The van der Waals surface area contributed by atoms with Crippen LogP contribution >= 0.6 is 0 Å². The van der Waals surface area contributed by atoms with Crippen LogP contribution in [0.1, 0.15) is 13.8 Å². The van der Waals surface area contributed by atoms with Gasteiger partial charge in [0.2, 0.25) is 0 Å². The van der Waals surface area contributed by atoms with Crippen molar-refractivity contribution in [2.45, 2.75) is 20.1 Å². The molecular formula is C6H13NO3. The highest BCUT2D eigenvalue weighted by atomic mass is 16.6. The van der Waals surface area contributed by atoms with Gasteiger partial charge in [0, 0.05) is 13.5 Å². The van der Waals surface area contributed by atoms with Crippen molar-refractivity contribution >= 4 is 5.97 Å². The predicted octanol–water partition coefficient (Wildman–Crippen LogP) is -0.129. The number of ether oxygens (including phenoxy) is 2. The number of hydrogen-bond acceptors (Lipinski definition) is 4. The molecular weight excluding hydrogens is 134 g/mol. The summed E-state index contributed by atoms with van der Waals surface area (Å²) in [6.07, 6.45) is -0.627. The van der Waals surface area contributed by atoms with E-state index in [1.54, 1.807) is 0 Å². The van der Waals surface area contributed by atoms with E-state index in [1.807, 2.05) is 6.92 Å². The molecule has 0 aromatic rings. The van der Waals surface area contributed by atoms with Gasteiger partial charge in [-0.05, 0) is 6.92 Å². The molecule has 1 atom stereocenters. The molecule has 0 aromatic heterocycles. The molecule has 10 heavy (non-hydrogen) atoms. The molecule has 2 N–H and O–H groups in total. The van der Waals surface area contributed by atoms with Crippen LogP contribution in [0.15, 0.2) is 0 Å². The topological polar surface area (TPSA) is 61.6 Å². The average Bonchev–Trinajstić information content (AvgIpc) is 1.82. The zero-order chi connectivity index (χ0) is 7.98. The zero-order valence-corrected chi connectivity index (χ0v) is 6.29. The molecule has 0 amide bonds. The summed E-state index contributed by atoms with van der Waals surface area (Å²) in [5.41, 5.74) is 5.29. The van der Waals surface area contributed by atoms with E-state index in [-0.39, 0.29) is 12.6 Å². The highest BCUT2D eigenvalue weighted by Crippen LogP contribution is 1.85. The standard InChI is InChI=1S/C6H13NO3/c1-3-9-4-6(7)10-5(2)8/h6H,3-4,7H2,1-2H3. The fourth-order valence-electron chi connectivity index (χ4n) is 0.481. The Morgan fingerprint density at radius 2 is 2.30 bits per heavy atom. The van der Waals surface area contributed by atoms with Gasteiger partial charge < -0.3 is 9.47 Å². The van der Waals surface area contributed by atoms with Crippen molar-refractivity contribution in [2.24, 2.45) is 5.73 Å². The third-order valence-corrected chi connectivity index (χ3v) is 0.804. The fraction of sp³-hybridized carbons (Fsp3) is 0.833. The molecule has 1 unspecified atom stereocenters. The van der Waals surface area contributed by atoms with Crippen LogP contribution in [0.3, 0.4) is 0 Å². The van der Waals surface area contributed by atoms with Crippen LogP contribution in [0.4, 0.5) is 0 Å². The molecule has 0 aliphatic carbocycles. The van der Waals surface area contributed by atoms with Crippen molar-refractivity contribution in [3.8, 4) is 0 Å². The van der Waals surface area contributed by atoms with Gasteiger partial charge in [0.1, 0.15) is 0 Å². The fourth-order valence-corrected chi connectivity index (χ4v) is 0.481. The number of carbonyl (C=O) groups excluding carboxylic acids is 1. The smallest absolute Gasteiger partial charge is 0.304 e. The van der Waals surface area contributed by atoms with Gasteiger partial charge in [-0.25, -0.2) is 0 Å². The first kappa shape index (κ1) is 9.39. The van der Waals surface area contributed by atoms with E-state index in [0.717, 1.165) is 0 Å². The molecule has 0 aliphatic heterocycles. The Labute approximate surface area is 60.3 Å². The molecule has 0 aromatic carbocycles. The second-order valence-electron chi connectivity index (χ2n) is 1.81. The highest BCUT2D eigenvalue weighted by molar-refractivity contribution is 5.66. The average molecular weight is 147 g/mol. The molecule has 0 saturated carbocycles. The summed E-state index contributed by atoms with van der Waals surface area (Å²) in [5, 5.41) is 0. The first-order valence-corrected chi connectivity index (χ1v) is 3.17. The first-order chi connectivity index (χ1) is 4.66. The van der Waals surface area contributed by atoms with Gasteiger partial charge in [0.05, 0.1) is 6.61 Å². The van der Waals surface area contributed by atoms with Crippen LogP contribution in [0.25, 0.3) is 0 Å². The van der Waals surface area contributed by atoms with Crippen molar-refractivity contribution in [1.82, 2.24) is 0 Å². The van der Waals surface area contributed by atoms with Gasteiger partial charge >= 0.3 is 5.97 Å². The van der Waals surface area contributed by atoms with Crippen LogP contribution in [-0.2, 0) is 14.3 Å². The van der Waals surface area contributed by atoms with Crippen molar-refractivity contribution < 1.29 is 14.3 Å². The number of esters is 1. The minimum Gasteiger partial charge on any atom is -0.444 e. The first-order valence-electron chi connectivity index (χ1n) is 3.17. The van der Waals surface area contributed by atoms with Crippen LogP contribution < -0.4 is 5.73 Å². The molecule has 0 bridgehead atoms. The van der Waals surface area contributed by atoms with E-state index in [2.05, 4.69) is 4.74 Å². The van der Waals surface area contributed by atoms with E-state index in [0.29, 0.717) is 6.61 Å². The van der Waals surface area contributed by atoms with Crippen molar-refractivity contribution in [1.29, 1.82) is 0 Å². The molecule has 60 valence electrons.